The number of carbonyl (C=O) groups excluding carboxylic acids is 2. The number of morpholine rings is 1. The zero-order chi connectivity index (χ0) is 16.9. The van der Waals surface area contributed by atoms with Crippen molar-refractivity contribution in [1.82, 2.24) is 4.90 Å². The Balaban J connectivity index is 1.57. The number of rotatable bonds is 4. The number of nitrogens with zero attached hydrogens (tertiary/aromatic N) is 1. The van der Waals surface area contributed by atoms with Gasteiger partial charge in [-0.2, -0.15) is 0 Å². The molecule has 24 heavy (non-hydrogen) atoms. The Morgan fingerprint density at radius 1 is 1.12 bits per heavy atom. The van der Waals surface area contributed by atoms with Gasteiger partial charge < -0.3 is 14.4 Å². The molecule has 0 saturated carbocycles. The number of carbonyl (C=O) groups is 2. The van der Waals surface area contributed by atoms with Gasteiger partial charge >= 0.3 is 5.97 Å². The van der Waals surface area contributed by atoms with Crippen molar-refractivity contribution >= 4 is 23.2 Å². The molecule has 1 aliphatic rings. The summed E-state index contributed by atoms with van der Waals surface area (Å²) < 4.78 is 23.2. The monoisotopic (exact) mass is 349 g/mol. The van der Waals surface area contributed by atoms with Crippen molar-refractivity contribution in [1.29, 1.82) is 0 Å². The Hall–Kier alpha value is -2.25. The summed E-state index contributed by atoms with van der Waals surface area (Å²) in [5, 5.41) is 0. The maximum atomic E-state index is 13.0. The van der Waals surface area contributed by atoms with Crippen molar-refractivity contribution in [2.75, 3.05) is 32.9 Å². The van der Waals surface area contributed by atoms with Gasteiger partial charge in [0.1, 0.15) is 10.7 Å². The molecule has 126 valence electrons. The first-order chi connectivity index (χ1) is 11.6. The molecule has 0 N–H and O–H groups in total. The van der Waals surface area contributed by atoms with Gasteiger partial charge in [-0.1, -0.05) is 12.1 Å². The third kappa shape index (κ3) is 3.98. The summed E-state index contributed by atoms with van der Waals surface area (Å²) in [4.78, 5) is 26.9. The van der Waals surface area contributed by atoms with E-state index in [9.17, 15) is 14.0 Å². The molecule has 0 radical (unpaired) electrons. The van der Waals surface area contributed by atoms with Gasteiger partial charge in [-0.05, 0) is 29.8 Å². The van der Waals surface area contributed by atoms with E-state index in [1.807, 2.05) is 0 Å². The summed E-state index contributed by atoms with van der Waals surface area (Å²) in [7, 11) is 0. The van der Waals surface area contributed by atoms with E-state index in [4.69, 9.17) is 9.47 Å². The molecular formula is C17H16FNO4S. The number of benzene rings is 1. The maximum Gasteiger partial charge on any atom is 0.348 e. The molecule has 0 aliphatic carbocycles. The molecule has 1 fully saturated rings. The highest BCUT2D eigenvalue weighted by atomic mass is 32.1. The van der Waals surface area contributed by atoms with E-state index in [1.165, 1.54) is 23.5 Å². The predicted molar refractivity (Wildman–Crippen MR) is 87.4 cm³/mol. The van der Waals surface area contributed by atoms with Crippen LogP contribution in [-0.2, 0) is 14.3 Å². The lowest BCUT2D eigenvalue weighted by Gasteiger charge is -2.26. The number of hydrogen-bond donors (Lipinski definition) is 0. The van der Waals surface area contributed by atoms with Crippen molar-refractivity contribution in [3.8, 4) is 10.4 Å². The van der Waals surface area contributed by atoms with Crippen LogP contribution in [0.15, 0.2) is 36.4 Å². The van der Waals surface area contributed by atoms with E-state index in [0.29, 0.717) is 31.2 Å². The number of ether oxygens (including phenoxy) is 2. The molecule has 5 nitrogen and oxygen atoms in total. The van der Waals surface area contributed by atoms with Gasteiger partial charge in [0.25, 0.3) is 5.91 Å². The zero-order valence-corrected chi connectivity index (χ0v) is 13.7. The largest absolute Gasteiger partial charge is 0.451 e. The van der Waals surface area contributed by atoms with Crippen LogP contribution in [0.25, 0.3) is 10.4 Å². The summed E-state index contributed by atoms with van der Waals surface area (Å²) in [6.07, 6.45) is 0. The molecule has 1 amide bonds. The van der Waals surface area contributed by atoms with E-state index < -0.39 is 5.97 Å². The van der Waals surface area contributed by atoms with Crippen LogP contribution >= 0.6 is 11.3 Å². The zero-order valence-electron chi connectivity index (χ0n) is 12.9. The lowest BCUT2D eigenvalue weighted by molar-refractivity contribution is -0.138. The van der Waals surface area contributed by atoms with Gasteiger partial charge in [-0.15, -0.1) is 11.3 Å². The number of hydrogen-bond acceptors (Lipinski definition) is 5. The Morgan fingerprint density at radius 3 is 2.54 bits per heavy atom. The average molecular weight is 349 g/mol. The van der Waals surface area contributed by atoms with Gasteiger partial charge in [0, 0.05) is 18.0 Å². The van der Waals surface area contributed by atoms with E-state index in [-0.39, 0.29) is 18.3 Å². The van der Waals surface area contributed by atoms with Gasteiger partial charge in [-0.3, -0.25) is 4.79 Å². The molecule has 1 aromatic heterocycles. The van der Waals surface area contributed by atoms with E-state index >= 15 is 0 Å². The Bertz CT molecular complexity index is 722. The average Bonchev–Trinajstić information content (AvgIpc) is 3.11. The fraction of sp³-hybridized carbons (Fsp3) is 0.294. The highest BCUT2D eigenvalue weighted by molar-refractivity contribution is 7.17. The van der Waals surface area contributed by atoms with Gasteiger partial charge in [0.05, 0.1) is 13.2 Å². The van der Waals surface area contributed by atoms with Gasteiger partial charge in [0.15, 0.2) is 6.61 Å². The van der Waals surface area contributed by atoms with Crippen LogP contribution < -0.4 is 0 Å². The van der Waals surface area contributed by atoms with Gasteiger partial charge in [-0.25, -0.2) is 9.18 Å². The minimum absolute atomic E-state index is 0.220. The first kappa shape index (κ1) is 16.6. The van der Waals surface area contributed by atoms with Crippen molar-refractivity contribution in [2.24, 2.45) is 0 Å². The topological polar surface area (TPSA) is 55.8 Å². The van der Waals surface area contributed by atoms with Crippen LogP contribution in [0.5, 0.6) is 0 Å². The molecule has 3 rings (SSSR count). The highest BCUT2D eigenvalue weighted by Gasteiger charge is 2.19. The molecule has 0 bridgehead atoms. The second kappa shape index (κ2) is 7.55. The standard InChI is InChI=1S/C17H16FNO4S/c18-13-3-1-12(2-4-13)14-5-6-15(24-14)17(21)23-11-16(20)19-7-9-22-10-8-19/h1-6H,7-11H2. The molecule has 0 unspecified atom stereocenters. The normalized spacial score (nSPS) is 14.5. The van der Waals surface area contributed by atoms with Crippen LogP contribution in [0.1, 0.15) is 9.67 Å². The minimum Gasteiger partial charge on any atom is -0.451 e. The molecule has 2 heterocycles. The summed E-state index contributed by atoms with van der Waals surface area (Å²) in [5.41, 5.74) is 0.824. The maximum absolute atomic E-state index is 13.0. The fourth-order valence-electron chi connectivity index (χ4n) is 2.32. The Labute approximate surface area is 142 Å². The van der Waals surface area contributed by atoms with Crippen LogP contribution in [0.2, 0.25) is 0 Å². The van der Waals surface area contributed by atoms with Crippen molar-refractivity contribution < 1.29 is 23.5 Å². The van der Waals surface area contributed by atoms with Crippen molar-refractivity contribution in [2.45, 2.75) is 0 Å². The lowest BCUT2D eigenvalue weighted by atomic mass is 10.2. The Kier molecular flexibility index (Phi) is 5.22. The lowest BCUT2D eigenvalue weighted by Crippen LogP contribution is -2.42. The van der Waals surface area contributed by atoms with Crippen molar-refractivity contribution in [3.05, 3.63) is 47.1 Å². The first-order valence-corrected chi connectivity index (χ1v) is 8.33. The molecular weight excluding hydrogens is 333 g/mol. The fourth-order valence-corrected chi connectivity index (χ4v) is 3.22. The number of amides is 1. The Morgan fingerprint density at radius 2 is 1.83 bits per heavy atom. The van der Waals surface area contributed by atoms with Crippen LogP contribution in [0, 0.1) is 5.82 Å². The third-order valence-electron chi connectivity index (χ3n) is 3.63. The van der Waals surface area contributed by atoms with E-state index in [0.717, 1.165) is 10.4 Å². The molecule has 7 heteroatoms. The summed E-state index contributed by atoms with van der Waals surface area (Å²) >= 11 is 1.25. The minimum atomic E-state index is -0.532. The highest BCUT2D eigenvalue weighted by Crippen LogP contribution is 2.28. The quantitative estimate of drug-likeness (QED) is 0.796. The molecule has 0 atom stereocenters. The summed E-state index contributed by atoms with van der Waals surface area (Å²) in [6, 6.07) is 9.46. The van der Waals surface area contributed by atoms with E-state index in [2.05, 4.69) is 0 Å². The van der Waals surface area contributed by atoms with Gasteiger partial charge in [0.2, 0.25) is 0 Å². The number of halogens is 1. The SMILES string of the molecule is O=C(OCC(=O)N1CCOCC1)c1ccc(-c2ccc(F)cc2)s1. The second-order valence-corrected chi connectivity index (χ2v) is 6.32. The molecule has 2 aromatic rings. The predicted octanol–water partition coefficient (Wildman–Crippen LogP) is 2.57. The van der Waals surface area contributed by atoms with Crippen LogP contribution in [0.3, 0.4) is 0 Å². The second-order valence-electron chi connectivity index (χ2n) is 5.24. The molecule has 1 aliphatic heterocycles. The van der Waals surface area contributed by atoms with E-state index in [1.54, 1.807) is 29.2 Å². The summed E-state index contributed by atoms with van der Waals surface area (Å²) in [5.74, 6) is -1.06. The van der Waals surface area contributed by atoms with Crippen LogP contribution in [-0.4, -0.2) is 49.7 Å². The summed E-state index contributed by atoms with van der Waals surface area (Å²) in [6.45, 7) is 1.77. The third-order valence-corrected chi connectivity index (χ3v) is 4.74. The van der Waals surface area contributed by atoms with Crippen LogP contribution in [0.4, 0.5) is 4.39 Å². The van der Waals surface area contributed by atoms with Crippen molar-refractivity contribution in [3.63, 3.8) is 0 Å². The molecule has 0 spiro atoms. The number of thiophene rings is 1. The first-order valence-electron chi connectivity index (χ1n) is 7.52. The molecule has 1 aromatic carbocycles. The molecule has 1 saturated heterocycles. The number of esters is 1. The smallest absolute Gasteiger partial charge is 0.348 e.